The summed E-state index contributed by atoms with van der Waals surface area (Å²) in [6.07, 6.45) is -0.181. The minimum Gasteiger partial charge on any atom is -0.391 e. The summed E-state index contributed by atoms with van der Waals surface area (Å²) in [5.41, 5.74) is 2.65. The fraction of sp³-hybridized carbons (Fsp3) is 0.500. The van der Waals surface area contributed by atoms with Crippen LogP contribution in [-0.4, -0.2) is 29.5 Å². The molecular formula is C12H17NOS. The third kappa shape index (κ3) is 2.97. The van der Waals surface area contributed by atoms with Gasteiger partial charge in [-0.25, -0.2) is 0 Å². The van der Waals surface area contributed by atoms with Gasteiger partial charge in [0, 0.05) is 24.1 Å². The van der Waals surface area contributed by atoms with E-state index in [4.69, 9.17) is 0 Å². The molecule has 1 aliphatic rings. The predicted molar refractivity (Wildman–Crippen MR) is 65.1 cm³/mol. The second-order valence-corrected chi connectivity index (χ2v) is 5.29. The van der Waals surface area contributed by atoms with Gasteiger partial charge < -0.3 is 10.4 Å². The molecule has 3 heteroatoms. The molecule has 0 aliphatic carbocycles. The smallest absolute Gasteiger partial charge is 0.0795 e. The topological polar surface area (TPSA) is 32.3 Å². The zero-order chi connectivity index (χ0) is 10.7. The lowest BCUT2D eigenvalue weighted by Crippen LogP contribution is -2.20. The minimum absolute atomic E-state index is 0.181. The van der Waals surface area contributed by atoms with Crippen LogP contribution in [0.2, 0.25) is 0 Å². The Kier molecular flexibility index (Phi) is 3.67. The van der Waals surface area contributed by atoms with E-state index in [1.54, 1.807) is 0 Å². The number of rotatable bonds is 3. The van der Waals surface area contributed by atoms with Crippen LogP contribution in [0.1, 0.15) is 11.1 Å². The Morgan fingerprint density at radius 2 is 2.33 bits per heavy atom. The normalized spacial score (nSPS) is 25.7. The van der Waals surface area contributed by atoms with Crippen molar-refractivity contribution in [2.24, 2.45) is 0 Å². The summed E-state index contributed by atoms with van der Waals surface area (Å²) in [5.74, 6) is 0.991. The van der Waals surface area contributed by atoms with E-state index in [-0.39, 0.29) is 6.10 Å². The van der Waals surface area contributed by atoms with Gasteiger partial charge in [0.2, 0.25) is 0 Å². The molecule has 1 aromatic carbocycles. The van der Waals surface area contributed by atoms with Gasteiger partial charge in [-0.05, 0) is 12.5 Å². The standard InChI is InChI=1S/C12H17NOS/c1-9-3-2-4-10(5-9)8-15-12-7-13-6-11(12)14/h2-5,11-14H,6-8H2,1H3. The fourth-order valence-corrected chi connectivity index (χ4v) is 2.96. The molecule has 0 spiro atoms. The molecule has 2 nitrogen and oxygen atoms in total. The SMILES string of the molecule is Cc1cccc(CSC2CNCC2O)c1. The highest BCUT2D eigenvalue weighted by Gasteiger charge is 2.24. The number of aryl methyl sites for hydroxylation is 1. The van der Waals surface area contributed by atoms with Gasteiger partial charge in [0.05, 0.1) is 6.10 Å². The Balaban J connectivity index is 1.87. The van der Waals surface area contributed by atoms with Gasteiger partial charge >= 0.3 is 0 Å². The van der Waals surface area contributed by atoms with Crippen LogP contribution in [0.5, 0.6) is 0 Å². The lowest BCUT2D eigenvalue weighted by Gasteiger charge is -2.12. The monoisotopic (exact) mass is 223 g/mol. The highest BCUT2D eigenvalue weighted by Crippen LogP contribution is 2.22. The molecule has 2 atom stereocenters. The van der Waals surface area contributed by atoms with Crippen LogP contribution < -0.4 is 5.32 Å². The maximum absolute atomic E-state index is 9.64. The maximum atomic E-state index is 9.64. The van der Waals surface area contributed by atoms with Crippen LogP contribution in [-0.2, 0) is 5.75 Å². The molecule has 0 aromatic heterocycles. The van der Waals surface area contributed by atoms with Gasteiger partial charge in [0.15, 0.2) is 0 Å². The summed E-state index contributed by atoms with van der Waals surface area (Å²) in [6, 6.07) is 8.56. The fourth-order valence-electron chi connectivity index (χ4n) is 1.82. The summed E-state index contributed by atoms with van der Waals surface area (Å²) in [5, 5.41) is 13.2. The Hall–Kier alpha value is -0.510. The van der Waals surface area contributed by atoms with Crippen molar-refractivity contribution in [3.05, 3.63) is 35.4 Å². The Morgan fingerprint density at radius 3 is 3.00 bits per heavy atom. The first-order chi connectivity index (χ1) is 7.25. The third-order valence-electron chi connectivity index (χ3n) is 2.67. The number of nitrogens with one attached hydrogen (secondary N) is 1. The third-order valence-corrected chi connectivity index (χ3v) is 4.08. The Bertz CT molecular complexity index is 329. The highest BCUT2D eigenvalue weighted by molar-refractivity contribution is 7.99. The van der Waals surface area contributed by atoms with Crippen LogP contribution in [0.4, 0.5) is 0 Å². The summed E-state index contributed by atoms with van der Waals surface area (Å²) in [6.45, 7) is 3.78. The van der Waals surface area contributed by atoms with Crippen LogP contribution in [0.25, 0.3) is 0 Å². The first kappa shape index (κ1) is 11.0. The second-order valence-electron chi connectivity index (χ2n) is 4.06. The van der Waals surface area contributed by atoms with Gasteiger partial charge in [-0.3, -0.25) is 0 Å². The number of hydrogen-bond donors (Lipinski definition) is 2. The quantitative estimate of drug-likeness (QED) is 0.815. The zero-order valence-electron chi connectivity index (χ0n) is 8.94. The van der Waals surface area contributed by atoms with Crippen LogP contribution in [0, 0.1) is 6.92 Å². The van der Waals surface area contributed by atoms with Gasteiger partial charge in [-0.15, -0.1) is 11.8 Å². The van der Waals surface area contributed by atoms with Crippen LogP contribution in [0.15, 0.2) is 24.3 Å². The van der Waals surface area contributed by atoms with Crippen molar-refractivity contribution < 1.29 is 5.11 Å². The molecule has 0 amide bonds. The van der Waals surface area contributed by atoms with Crippen molar-refractivity contribution in [2.75, 3.05) is 13.1 Å². The Labute approximate surface area is 95.1 Å². The first-order valence-corrected chi connectivity index (χ1v) is 6.36. The molecule has 2 unspecified atom stereocenters. The molecule has 1 heterocycles. The molecular weight excluding hydrogens is 206 g/mol. The predicted octanol–water partition coefficient (Wildman–Crippen LogP) is 1.56. The summed E-state index contributed by atoms with van der Waals surface area (Å²) in [4.78, 5) is 0. The molecule has 0 radical (unpaired) electrons. The Morgan fingerprint density at radius 1 is 1.47 bits per heavy atom. The zero-order valence-corrected chi connectivity index (χ0v) is 9.76. The highest BCUT2D eigenvalue weighted by atomic mass is 32.2. The van der Waals surface area contributed by atoms with E-state index in [9.17, 15) is 5.11 Å². The first-order valence-electron chi connectivity index (χ1n) is 5.31. The molecule has 1 saturated heterocycles. The summed E-state index contributed by atoms with van der Waals surface area (Å²) < 4.78 is 0. The lowest BCUT2D eigenvalue weighted by molar-refractivity contribution is 0.201. The van der Waals surface area contributed by atoms with E-state index in [1.165, 1.54) is 11.1 Å². The number of thioether (sulfide) groups is 1. The van der Waals surface area contributed by atoms with Gasteiger partial charge in [-0.1, -0.05) is 29.8 Å². The van der Waals surface area contributed by atoms with Crippen LogP contribution >= 0.6 is 11.8 Å². The summed E-state index contributed by atoms with van der Waals surface area (Å²) >= 11 is 1.84. The molecule has 0 saturated carbocycles. The molecule has 1 aliphatic heterocycles. The average molecular weight is 223 g/mol. The molecule has 2 N–H and O–H groups in total. The molecule has 1 aromatic rings. The van der Waals surface area contributed by atoms with Crippen molar-refractivity contribution in [1.29, 1.82) is 0 Å². The number of aliphatic hydroxyl groups excluding tert-OH is 1. The van der Waals surface area contributed by atoms with Crippen molar-refractivity contribution in [3.8, 4) is 0 Å². The lowest BCUT2D eigenvalue weighted by atomic mass is 10.2. The van der Waals surface area contributed by atoms with Gasteiger partial charge in [0.25, 0.3) is 0 Å². The van der Waals surface area contributed by atoms with Crippen molar-refractivity contribution in [3.63, 3.8) is 0 Å². The van der Waals surface area contributed by atoms with Crippen molar-refractivity contribution >= 4 is 11.8 Å². The van der Waals surface area contributed by atoms with E-state index in [2.05, 4.69) is 36.5 Å². The number of β-amino-alcohol motifs (C(OH)–C–C–N with tert-alkyl or cyclic N) is 1. The molecule has 0 bridgehead atoms. The molecule has 1 fully saturated rings. The van der Waals surface area contributed by atoms with E-state index in [1.807, 2.05) is 11.8 Å². The largest absolute Gasteiger partial charge is 0.391 e. The van der Waals surface area contributed by atoms with E-state index in [0.29, 0.717) is 5.25 Å². The molecule has 82 valence electrons. The maximum Gasteiger partial charge on any atom is 0.0795 e. The van der Waals surface area contributed by atoms with Crippen molar-refractivity contribution in [2.45, 2.75) is 24.0 Å². The van der Waals surface area contributed by atoms with E-state index in [0.717, 1.165) is 18.8 Å². The number of hydrogen-bond acceptors (Lipinski definition) is 3. The average Bonchev–Trinajstić information content (AvgIpc) is 2.61. The molecule has 2 rings (SSSR count). The second kappa shape index (κ2) is 5.01. The number of benzene rings is 1. The van der Waals surface area contributed by atoms with Crippen molar-refractivity contribution in [1.82, 2.24) is 5.32 Å². The van der Waals surface area contributed by atoms with E-state index >= 15 is 0 Å². The minimum atomic E-state index is -0.181. The van der Waals surface area contributed by atoms with Crippen LogP contribution in [0.3, 0.4) is 0 Å². The summed E-state index contributed by atoms with van der Waals surface area (Å²) in [7, 11) is 0. The molecule has 15 heavy (non-hydrogen) atoms. The van der Waals surface area contributed by atoms with Gasteiger partial charge in [-0.2, -0.15) is 0 Å². The number of aliphatic hydroxyl groups is 1. The van der Waals surface area contributed by atoms with E-state index < -0.39 is 0 Å². The van der Waals surface area contributed by atoms with Gasteiger partial charge in [0.1, 0.15) is 0 Å².